The van der Waals surface area contributed by atoms with Gasteiger partial charge in [0.05, 0.1) is 0 Å². The van der Waals surface area contributed by atoms with Gasteiger partial charge in [0.15, 0.2) is 0 Å². The maximum absolute atomic E-state index is 10.3. The van der Waals surface area contributed by atoms with Gasteiger partial charge >= 0.3 is 0 Å². The van der Waals surface area contributed by atoms with E-state index in [0.717, 1.165) is 78.4 Å². The number of nitrogens with two attached hydrogens (primary N) is 2. The van der Waals surface area contributed by atoms with E-state index in [1.807, 2.05) is 0 Å². The third-order valence-electron chi connectivity index (χ3n) is 7.05. The highest BCUT2D eigenvalue weighted by Gasteiger charge is 1.97. The molecule has 1 saturated heterocycles. The second-order valence-corrected chi connectivity index (χ2v) is 12.4. The summed E-state index contributed by atoms with van der Waals surface area (Å²) in [5.41, 5.74) is 10.1. The van der Waals surface area contributed by atoms with E-state index in [2.05, 4.69) is 110 Å². The summed E-state index contributed by atoms with van der Waals surface area (Å²) in [5, 5.41) is 11.4. The zero-order valence-electron chi connectivity index (χ0n) is 36.3. The molecule has 53 heavy (non-hydrogen) atoms. The maximum Gasteiger partial charge on any atom is 0.218 e. The summed E-state index contributed by atoms with van der Waals surface area (Å²) >= 11 is 4.64. The molecule has 8 N–H and O–H groups in total. The Balaban J connectivity index is -0.0000000954. The lowest BCUT2D eigenvalue weighted by atomic mass is 10.3. The van der Waals surface area contributed by atoms with Gasteiger partial charge in [0.25, 0.3) is 0 Å². The van der Waals surface area contributed by atoms with E-state index in [1.165, 1.54) is 79.2 Å². The highest BCUT2D eigenvalue weighted by Crippen LogP contribution is 1.98. The number of hydrogen-bond acceptors (Lipinski definition) is 11. The summed E-state index contributed by atoms with van der Waals surface area (Å²) in [4.78, 5) is 37.0. The number of rotatable bonds is 21. The number of halogens is 1. The minimum Gasteiger partial charge on any atom is -0.381 e. The Morgan fingerprint density at radius 3 is 1.13 bits per heavy atom. The van der Waals surface area contributed by atoms with Crippen LogP contribution in [0.5, 0.6) is 0 Å². The van der Waals surface area contributed by atoms with Gasteiger partial charge < -0.3 is 52.2 Å². The van der Waals surface area contributed by atoms with Crippen molar-refractivity contribution in [2.24, 2.45) is 11.5 Å². The molecule has 0 aromatic carbocycles. The molecule has 0 radical (unpaired) electrons. The quantitative estimate of drug-likeness (QED) is 0.0722. The van der Waals surface area contributed by atoms with E-state index >= 15 is 0 Å². The van der Waals surface area contributed by atoms with E-state index in [9.17, 15) is 14.4 Å². The van der Waals surface area contributed by atoms with Crippen LogP contribution in [0, 0.1) is 0 Å². The van der Waals surface area contributed by atoms with Crippen LogP contribution in [0.15, 0.2) is 0 Å². The predicted octanol–water partition coefficient (Wildman–Crippen LogP) is 4.37. The molecule has 1 rings (SSSR count). The summed E-state index contributed by atoms with van der Waals surface area (Å²) in [6.45, 7) is 36.9. The van der Waals surface area contributed by atoms with Gasteiger partial charge in [-0.15, -0.1) is 0 Å². The summed E-state index contributed by atoms with van der Waals surface area (Å²) in [6, 6.07) is 0. The Kier molecular flexibility index (Phi) is 78.4. The second-order valence-electron chi connectivity index (χ2n) is 11.9. The van der Waals surface area contributed by atoms with Crippen molar-refractivity contribution in [1.29, 1.82) is 0 Å². The van der Waals surface area contributed by atoms with Crippen LogP contribution in [0.4, 0.5) is 0 Å². The number of amides is 2. The first-order chi connectivity index (χ1) is 24.7. The lowest BCUT2D eigenvalue weighted by molar-refractivity contribution is -0.119. The van der Waals surface area contributed by atoms with Crippen LogP contribution in [-0.4, -0.2) is 157 Å². The van der Waals surface area contributed by atoms with Crippen LogP contribution < -0.4 is 32.7 Å². The smallest absolute Gasteiger partial charge is 0.218 e. The van der Waals surface area contributed by atoms with E-state index < -0.39 is 0 Å². The van der Waals surface area contributed by atoms with Crippen molar-refractivity contribution in [3.63, 3.8) is 0 Å². The molecule has 0 bridgehead atoms. The minimum atomic E-state index is -0.361. The normalized spacial score (nSPS) is 10.8. The Hall–Kier alpha value is -1.42. The summed E-state index contributed by atoms with van der Waals surface area (Å²) in [6.07, 6.45) is 6.80. The second kappa shape index (κ2) is 62.6. The average Bonchev–Trinajstić information content (AvgIpc) is 3.70. The van der Waals surface area contributed by atoms with Crippen molar-refractivity contribution >= 4 is 28.7 Å². The number of ether oxygens (including phenoxy) is 1. The highest BCUT2D eigenvalue weighted by molar-refractivity contribution is 6.62. The summed E-state index contributed by atoms with van der Waals surface area (Å²) < 4.78 is 4.94. The van der Waals surface area contributed by atoms with Gasteiger partial charge in [0.1, 0.15) is 0 Å². The number of hydrogen-bond donors (Lipinski definition) is 6. The lowest BCUT2D eigenvalue weighted by Gasteiger charge is -2.17. The van der Waals surface area contributed by atoms with Crippen LogP contribution in [-0.2, 0) is 19.1 Å². The molecule has 0 spiro atoms. The van der Waals surface area contributed by atoms with Gasteiger partial charge in [0.2, 0.25) is 17.1 Å². The molecule has 1 heterocycles. The van der Waals surface area contributed by atoms with Crippen LogP contribution >= 0.6 is 11.6 Å². The molecule has 1 fully saturated rings. The molecule has 0 atom stereocenters. The Bertz CT molecular complexity index is 626. The average molecular weight is 789 g/mol. The number of nitrogens with one attached hydrogen (secondary N) is 4. The van der Waals surface area contributed by atoms with Crippen molar-refractivity contribution < 1.29 is 19.1 Å². The molecule has 0 unspecified atom stereocenters. The van der Waals surface area contributed by atoms with Gasteiger partial charge in [-0.2, -0.15) is 0 Å². The zero-order valence-corrected chi connectivity index (χ0v) is 37.0. The fourth-order valence-corrected chi connectivity index (χ4v) is 3.53. The van der Waals surface area contributed by atoms with Gasteiger partial charge in [-0.3, -0.25) is 14.4 Å². The molecule has 0 aliphatic carbocycles. The maximum atomic E-state index is 10.3. The largest absolute Gasteiger partial charge is 0.381 e. The Labute approximate surface area is 335 Å². The van der Waals surface area contributed by atoms with Gasteiger partial charge in [-0.05, 0) is 149 Å². The fraction of sp³-hybridized carbons (Fsp3) is 0.923. The van der Waals surface area contributed by atoms with Crippen molar-refractivity contribution in [2.75, 3.05) is 125 Å². The van der Waals surface area contributed by atoms with Crippen LogP contribution in [0.25, 0.3) is 0 Å². The Morgan fingerprint density at radius 2 is 0.943 bits per heavy atom. The van der Waals surface area contributed by atoms with Crippen molar-refractivity contribution in [1.82, 2.24) is 36.0 Å². The molecular formula is C39H94ClN9O4. The van der Waals surface area contributed by atoms with Gasteiger partial charge in [-0.1, -0.05) is 55.9 Å². The van der Waals surface area contributed by atoms with Crippen molar-refractivity contribution in [3.05, 3.63) is 0 Å². The van der Waals surface area contributed by atoms with Crippen molar-refractivity contribution in [3.8, 4) is 0 Å². The Morgan fingerprint density at radius 1 is 0.604 bits per heavy atom. The molecule has 0 saturated carbocycles. The molecule has 14 heteroatoms. The van der Waals surface area contributed by atoms with Crippen LogP contribution in [0.1, 0.15) is 115 Å². The fourth-order valence-electron chi connectivity index (χ4n) is 3.53. The molecule has 0 aromatic rings. The minimum absolute atomic E-state index is 0. The monoisotopic (exact) mass is 788 g/mol. The van der Waals surface area contributed by atoms with E-state index in [4.69, 9.17) is 16.2 Å². The molecule has 2 amide bonds. The molecule has 13 nitrogen and oxygen atoms in total. The first kappa shape index (κ1) is 66.4. The van der Waals surface area contributed by atoms with E-state index in [-0.39, 0.29) is 24.5 Å². The standard InChI is InChI=1S/C9H22N2.C7H14N2O2.C7H18N2.C6H15N.C4H8O.C3H10N2.C2H3ClO.CH4/c1-5-10(3)8-7-9-11(4)6-2;1-6(10)8-4-3-5-9-7(2)11;1-3-8-6-5-7-9-4-2;1-4-7(5-2)6-3;1-2-4-5-3-1;4-2-1-3-5;1-2(3)4;/h5-9H2,1-4H3;3-5H2,1-2H3,(H,8,10)(H,9,11);8-9H,3-7H2,1-2H3;4-6H2,1-3H3;1-4H2;1-5H2;1H3;1H4. The van der Waals surface area contributed by atoms with E-state index in [1.54, 1.807) is 0 Å². The van der Waals surface area contributed by atoms with Gasteiger partial charge in [-0.25, -0.2) is 0 Å². The summed E-state index contributed by atoms with van der Waals surface area (Å²) in [5.74, 6) is -0.0688. The number of nitrogens with zero attached hydrogens (tertiary/aromatic N) is 3. The third kappa shape index (κ3) is 94.3. The number of carbonyl (C=O) groups excluding carboxylic acids is 3. The topological polar surface area (TPSA) is 170 Å². The van der Waals surface area contributed by atoms with Gasteiger partial charge in [0, 0.05) is 47.1 Å². The molecule has 0 aromatic heterocycles. The molecule has 1 aliphatic rings. The van der Waals surface area contributed by atoms with E-state index in [0.29, 0.717) is 13.1 Å². The zero-order chi connectivity index (χ0) is 41.3. The lowest BCUT2D eigenvalue weighted by Crippen LogP contribution is -2.27. The summed E-state index contributed by atoms with van der Waals surface area (Å²) in [7, 11) is 4.35. The highest BCUT2D eigenvalue weighted by atomic mass is 35.5. The molecular weight excluding hydrogens is 694 g/mol. The first-order valence-electron chi connectivity index (χ1n) is 19.9. The third-order valence-corrected chi connectivity index (χ3v) is 7.05. The molecule has 1 aliphatic heterocycles. The number of carbonyl (C=O) groups is 3. The van der Waals surface area contributed by atoms with Crippen molar-refractivity contribution in [2.45, 2.75) is 115 Å². The van der Waals surface area contributed by atoms with Crippen LogP contribution in [0.2, 0.25) is 0 Å². The first-order valence-corrected chi connectivity index (χ1v) is 20.3. The van der Waals surface area contributed by atoms with Crippen LogP contribution in [0.3, 0.4) is 0 Å². The predicted molar refractivity (Wildman–Crippen MR) is 234 cm³/mol. The molecule has 326 valence electrons. The SMILES string of the molecule is C.C1CCOC1.CC(=O)Cl.CC(=O)NCCCNC(C)=O.CCN(C)CCCN(C)CC.CCN(CC)CC.CCNCCCNCC.NCCCN.